The largest absolute Gasteiger partial charge is 0.354 e. The molecule has 0 aromatic carbocycles. The Kier molecular flexibility index (Phi) is 5.23. The van der Waals surface area contributed by atoms with Gasteiger partial charge in [-0.3, -0.25) is 4.79 Å². The van der Waals surface area contributed by atoms with Gasteiger partial charge in [-0.05, 0) is 34.1 Å². The zero-order chi connectivity index (χ0) is 17.4. The molecular formula is C15H27N3O4S. The number of nitrogens with zero attached hydrogens (tertiary/aromatic N) is 1. The molecule has 0 radical (unpaired) electrons. The highest BCUT2D eigenvalue weighted by atomic mass is 32.2. The molecule has 3 amide bonds. The Bertz CT molecular complexity index is 573. The average Bonchev–Trinajstić information content (AvgIpc) is 2.83. The second kappa shape index (κ2) is 6.67. The standard InChI is InChI=1S/C15H27N3O4S/c1-9(2)16-14(19)11-5-6-23(21,22)13-8-18(7-12(11)13)15(20)17-10(3)4/h9-13H,5-8H2,1-4H3,(H,16,19)(H,17,20)/t11-,12+,13+/m1/s1. The predicted molar refractivity (Wildman–Crippen MR) is 87.7 cm³/mol. The van der Waals surface area contributed by atoms with E-state index in [1.54, 1.807) is 0 Å². The van der Waals surface area contributed by atoms with Crippen molar-refractivity contribution in [2.24, 2.45) is 11.8 Å². The number of rotatable bonds is 3. The van der Waals surface area contributed by atoms with E-state index < -0.39 is 15.1 Å². The van der Waals surface area contributed by atoms with Gasteiger partial charge in [0, 0.05) is 37.0 Å². The number of likely N-dealkylation sites (tertiary alicyclic amines) is 1. The monoisotopic (exact) mass is 345 g/mol. The number of carbonyl (C=O) groups excluding carboxylic acids is 2. The summed E-state index contributed by atoms with van der Waals surface area (Å²) in [5, 5.41) is 5.04. The molecule has 2 N–H and O–H groups in total. The third-order valence-electron chi connectivity index (χ3n) is 4.47. The molecule has 3 atom stereocenters. The van der Waals surface area contributed by atoms with Gasteiger partial charge in [0.1, 0.15) is 0 Å². The van der Waals surface area contributed by atoms with Crippen LogP contribution < -0.4 is 10.6 Å². The van der Waals surface area contributed by atoms with Crippen molar-refractivity contribution in [3.05, 3.63) is 0 Å². The van der Waals surface area contributed by atoms with E-state index in [1.165, 1.54) is 4.90 Å². The van der Waals surface area contributed by atoms with E-state index in [2.05, 4.69) is 10.6 Å². The Balaban J connectivity index is 2.17. The van der Waals surface area contributed by atoms with Crippen LogP contribution in [0.3, 0.4) is 0 Å². The van der Waals surface area contributed by atoms with Crippen molar-refractivity contribution in [1.82, 2.24) is 15.5 Å². The molecule has 2 heterocycles. The van der Waals surface area contributed by atoms with Crippen LogP contribution in [0.25, 0.3) is 0 Å². The number of urea groups is 1. The molecular weight excluding hydrogens is 318 g/mol. The maximum absolute atomic E-state index is 12.4. The highest BCUT2D eigenvalue weighted by molar-refractivity contribution is 7.92. The third kappa shape index (κ3) is 3.97. The van der Waals surface area contributed by atoms with Gasteiger partial charge in [0.05, 0.1) is 11.0 Å². The number of fused-ring (bicyclic) bond motifs is 1. The number of hydrogen-bond acceptors (Lipinski definition) is 4. The normalized spacial score (nSPS) is 29.5. The van der Waals surface area contributed by atoms with E-state index in [-0.39, 0.29) is 48.2 Å². The highest BCUT2D eigenvalue weighted by Gasteiger charge is 2.51. The molecule has 0 aromatic heterocycles. The van der Waals surface area contributed by atoms with Gasteiger partial charge in [-0.2, -0.15) is 0 Å². The summed E-state index contributed by atoms with van der Waals surface area (Å²) in [6.45, 7) is 7.97. The lowest BCUT2D eigenvalue weighted by Gasteiger charge is -2.32. The Labute approximate surface area is 138 Å². The molecule has 0 bridgehead atoms. The summed E-state index contributed by atoms with van der Waals surface area (Å²) >= 11 is 0. The van der Waals surface area contributed by atoms with Crippen molar-refractivity contribution in [2.75, 3.05) is 18.8 Å². The molecule has 2 saturated heterocycles. The zero-order valence-electron chi connectivity index (χ0n) is 14.2. The summed E-state index contributed by atoms with van der Waals surface area (Å²) < 4.78 is 24.7. The minimum Gasteiger partial charge on any atom is -0.354 e. The van der Waals surface area contributed by atoms with Crippen molar-refractivity contribution in [3.8, 4) is 0 Å². The SMILES string of the molecule is CC(C)NC(=O)[C@@H]1CCS(=O)(=O)[C@H]2CN(C(=O)NC(C)C)C[C@@H]12. The van der Waals surface area contributed by atoms with E-state index in [0.717, 1.165) is 0 Å². The molecule has 2 fully saturated rings. The van der Waals surface area contributed by atoms with Crippen LogP contribution in [0.15, 0.2) is 0 Å². The Morgan fingerprint density at radius 2 is 1.65 bits per heavy atom. The fraction of sp³-hybridized carbons (Fsp3) is 0.867. The molecule has 0 unspecified atom stereocenters. The van der Waals surface area contributed by atoms with Crippen LogP contribution in [0.2, 0.25) is 0 Å². The summed E-state index contributed by atoms with van der Waals surface area (Å²) in [4.78, 5) is 26.1. The smallest absolute Gasteiger partial charge is 0.317 e. The summed E-state index contributed by atoms with van der Waals surface area (Å²) in [5.41, 5.74) is 0. The first-order valence-electron chi connectivity index (χ1n) is 8.19. The van der Waals surface area contributed by atoms with Crippen LogP contribution in [0.1, 0.15) is 34.1 Å². The summed E-state index contributed by atoms with van der Waals surface area (Å²) in [6, 6.07) is -0.254. The molecule has 0 saturated carbocycles. The number of nitrogens with one attached hydrogen (secondary N) is 2. The number of carbonyl (C=O) groups is 2. The molecule has 0 aliphatic carbocycles. The quantitative estimate of drug-likeness (QED) is 0.772. The maximum atomic E-state index is 12.4. The summed E-state index contributed by atoms with van der Waals surface area (Å²) in [6.07, 6.45) is 0.335. The Morgan fingerprint density at radius 3 is 2.22 bits per heavy atom. The summed E-state index contributed by atoms with van der Waals surface area (Å²) in [5.74, 6) is -0.742. The van der Waals surface area contributed by atoms with E-state index in [1.807, 2.05) is 27.7 Å². The molecule has 0 aromatic rings. The molecule has 2 aliphatic heterocycles. The van der Waals surface area contributed by atoms with E-state index in [0.29, 0.717) is 13.0 Å². The minimum absolute atomic E-state index is 0.0122. The molecule has 7 nitrogen and oxygen atoms in total. The van der Waals surface area contributed by atoms with Gasteiger partial charge in [-0.15, -0.1) is 0 Å². The number of amides is 3. The summed E-state index contributed by atoms with van der Waals surface area (Å²) in [7, 11) is -3.25. The lowest BCUT2D eigenvalue weighted by molar-refractivity contribution is -0.127. The number of sulfone groups is 1. The van der Waals surface area contributed by atoms with Crippen LogP contribution in [0, 0.1) is 11.8 Å². The van der Waals surface area contributed by atoms with Crippen molar-refractivity contribution in [1.29, 1.82) is 0 Å². The first kappa shape index (κ1) is 18.0. The zero-order valence-corrected chi connectivity index (χ0v) is 15.0. The van der Waals surface area contributed by atoms with Gasteiger partial charge in [-0.1, -0.05) is 0 Å². The Morgan fingerprint density at radius 1 is 1.04 bits per heavy atom. The first-order chi connectivity index (χ1) is 10.6. The lowest BCUT2D eigenvalue weighted by Crippen LogP contribution is -2.48. The fourth-order valence-corrected chi connectivity index (χ4v) is 5.54. The Hall–Kier alpha value is -1.31. The van der Waals surface area contributed by atoms with Crippen molar-refractivity contribution >= 4 is 21.8 Å². The van der Waals surface area contributed by atoms with Crippen LogP contribution in [0.5, 0.6) is 0 Å². The van der Waals surface area contributed by atoms with E-state index in [9.17, 15) is 18.0 Å². The van der Waals surface area contributed by atoms with Crippen LogP contribution in [0.4, 0.5) is 4.79 Å². The second-order valence-electron chi connectivity index (χ2n) is 7.14. The molecule has 23 heavy (non-hydrogen) atoms. The molecule has 0 spiro atoms. The molecule has 2 aliphatic rings. The minimum atomic E-state index is -3.25. The first-order valence-corrected chi connectivity index (χ1v) is 9.90. The fourth-order valence-electron chi connectivity index (χ4n) is 3.44. The molecule has 132 valence electrons. The van der Waals surface area contributed by atoms with Crippen molar-refractivity contribution in [2.45, 2.75) is 51.4 Å². The van der Waals surface area contributed by atoms with Gasteiger partial charge in [0.25, 0.3) is 0 Å². The second-order valence-corrected chi connectivity index (χ2v) is 9.48. The van der Waals surface area contributed by atoms with Gasteiger partial charge in [0.15, 0.2) is 9.84 Å². The lowest BCUT2D eigenvalue weighted by atomic mass is 9.87. The number of hydrogen-bond donors (Lipinski definition) is 2. The molecule has 2 rings (SSSR count). The van der Waals surface area contributed by atoms with Gasteiger partial charge in [0.2, 0.25) is 5.91 Å². The van der Waals surface area contributed by atoms with Crippen molar-refractivity contribution < 1.29 is 18.0 Å². The van der Waals surface area contributed by atoms with Gasteiger partial charge < -0.3 is 15.5 Å². The highest BCUT2D eigenvalue weighted by Crippen LogP contribution is 2.37. The average molecular weight is 345 g/mol. The van der Waals surface area contributed by atoms with E-state index >= 15 is 0 Å². The van der Waals surface area contributed by atoms with Crippen LogP contribution in [-0.2, 0) is 14.6 Å². The van der Waals surface area contributed by atoms with Gasteiger partial charge in [-0.25, -0.2) is 13.2 Å². The maximum Gasteiger partial charge on any atom is 0.317 e. The van der Waals surface area contributed by atoms with E-state index in [4.69, 9.17) is 0 Å². The van der Waals surface area contributed by atoms with Crippen molar-refractivity contribution in [3.63, 3.8) is 0 Å². The van der Waals surface area contributed by atoms with Crippen LogP contribution >= 0.6 is 0 Å². The van der Waals surface area contributed by atoms with Gasteiger partial charge >= 0.3 is 6.03 Å². The third-order valence-corrected chi connectivity index (χ3v) is 6.69. The predicted octanol–water partition coefficient (Wildman–Crippen LogP) is 0.364. The van der Waals surface area contributed by atoms with Crippen LogP contribution in [-0.4, -0.2) is 61.4 Å². The molecule has 8 heteroatoms. The topological polar surface area (TPSA) is 95.6 Å².